The van der Waals surface area contributed by atoms with Crippen molar-refractivity contribution in [3.8, 4) is 32.0 Å². The molecule has 0 atom stereocenters. The van der Waals surface area contributed by atoms with Crippen molar-refractivity contribution in [1.29, 1.82) is 5.26 Å². The zero-order valence-electron chi connectivity index (χ0n) is 15.6. The second-order valence-electron chi connectivity index (χ2n) is 6.29. The van der Waals surface area contributed by atoms with Crippen LogP contribution in [0, 0.1) is 11.3 Å². The summed E-state index contributed by atoms with van der Waals surface area (Å²) in [7, 11) is 0. The van der Waals surface area contributed by atoms with Crippen LogP contribution in [-0.4, -0.2) is 14.7 Å². The first-order valence-electron chi connectivity index (χ1n) is 9.00. The molecule has 9 heteroatoms. The second kappa shape index (κ2) is 8.53. The van der Waals surface area contributed by atoms with Crippen LogP contribution < -0.4 is 4.74 Å². The Kier molecular flexibility index (Phi) is 5.44. The minimum atomic E-state index is -0.661. The van der Waals surface area contributed by atoms with E-state index in [1.165, 1.54) is 34.4 Å². The van der Waals surface area contributed by atoms with E-state index in [0.29, 0.717) is 5.06 Å². The molecule has 0 saturated heterocycles. The van der Waals surface area contributed by atoms with Crippen molar-refractivity contribution in [2.24, 2.45) is 0 Å². The number of benzene rings is 1. The average Bonchev–Trinajstić information content (AvgIpc) is 3.58. The molecule has 0 aliphatic carbocycles. The van der Waals surface area contributed by atoms with Crippen LogP contribution in [-0.2, 0) is 4.79 Å². The van der Waals surface area contributed by atoms with Gasteiger partial charge in [-0.05, 0) is 47.2 Å². The van der Waals surface area contributed by atoms with E-state index in [0.717, 1.165) is 36.8 Å². The predicted molar refractivity (Wildman–Crippen MR) is 128 cm³/mol. The van der Waals surface area contributed by atoms with Gasteiger partial charge in [0.1, 0.15) is 22.7 Å². The van der Waals surface area contributed by atoms with Crippen molar-refractivity contribution in [3.05, 3.63) is 69.7 Å². The van der Waals surface area contributed by atoms with E-state index in [1.54, 1.807) is 29.5 Å². The number of esters is 1. The van der Waals surface area contributed by atoms with Crippen LogP contribution in [0.2, 0.25) is 0 Å². The molecule has 0 bridgehead atoms. The van der Waals surface area contributed by atoms with Crippen molar-refractivity contribution >= 4 is 68.8 Å². The maximum Gasteiger partial charge on any atom is 0.355 e. The molecule has 0 saturated carbocycles. The normalized spacial score (nSPS) is 11.5. The quantitative estimate of drug-likeness (QED) is 0.159. The van der Waals surface area contributed by atoms with Gasteiger partial charge in [-0.2, -0.15) is 14.0 Å². The number of hydrogen-bond donors (Lipinski definition) is 0. The fourth-order valence-corrected chi connectivity index (χ4v) is 5.89. The number of carbonyl (C=O) groups excluding carboxylic acids is 1. The zero-order valence-corrected chi connectivity index (χ0v) is 18.9. The van der Waals surface area contributed by atoms with Crippen molar-refractivity contribution in [3.63, 3.8) is 0 Å². The molecule has 0 amide bonds. The van der Waals surface area contributed by atoms with Gasteiger partial charge in [0.25, 0.3) is 0 Å². The van der Waals surface area contributed by atoms with E-state index in [2.05, 4.69) is 20.9 Å². The molecular weight excluding hydrogens is 467 g/mol. The van der Waals surface area contributed by atoms with E-state index in [-0.39, 0.29) is 5.57 Å². The summed E-state index contributed by atoms with van der Waals surface area (Å²) < 4.78 is 14.3. The Balaban J connectivity index is 1.47. The summed E-state index contributed by atoms with van der Waals surface area (Å²) in [5.74, 6) is -0.661. The molecule has 1 aromatic carbocycles. The summed E-state index contributed by atoms with van der Waals surface area (Å²) in [6.07, 6.45) is 1.56. The number of fused-ring (bicyclic) bond motifs is 1. The van der Waals surface area contributed by atoms with Gasteiger partial charge in [0.05, 0.1) is 11.7 Å². The lowest BCUT2D eigenvalue weighted by molar-refractivity contribution is -0.129. The molecule has 5 aromatic rings. The molecule has 0 N–H and O–H groups in total. The molecule has 0 aliphatic rings. The van der Waals surface area contributed by atoms with Crippen LogP contribution in [0.3, 0.4) is 0 Å². The molecular formula is C22H11N3O2S4. The Hall–Kier alpha value is -3.16. The van der Waals surface area contributed by atoms with Crippen molar-refractivity contribution in [2.75, 3.05) is 0 Å². The Morgan fingerprint density at radius 3 is 2.35 bits per heavy atom. The lowest BCUT2D eigenvalue weighted by Gasteiger charge is -2.03. The van der Waals surface area contributed by atoms with E-state index >= 15 is 0 Å². The van der Waals surface area contributed by atoms with Gasteiger partial charge < -0.3 is 4.74 Å². The van der Waals surface area contributed by atoms with E-state index in [1.807, 2.05) is 41.1 Å². The van der Waals surface area contributed by atoms with Gasteiger partial charge in [-0.1, -0.05) is 18.2 Å². The molecule has 0 aliphatic heterocycles. The highest BCUT2D eigenvalue weighted by Gasteiger charge is 2.16. The van der Waals surface area contributed by atoms with Gasteiger partial charge >= 0.3 is 5.97 Å². The summed E-state index contributed by atoms with van der Waals surface area (Å²) in [6.45, 7) is 0. The van der Waals surface area contributed by atoms with Crippen molar-refractivity contribution in [1.82, 2.24) is 8.75 Å². The van der Waals surface area contributed by atoms with Crippen LogP contribution >= 0.6 is 45.7 Å². The summed E-state index contributed by atoms with van der Waals surface area (Å²) in [6, 6.07) is 17.5. The fourth-order valence-electron chi connectivity index (χ4n) is 3.02. The number of hydrogen-bond acceptors (Lipinski definition) is 9. The zero-order chi connectivity index (χ0) is 21.2. The van der Waals surface area contributed by atoms with Gasteiger partial charge in [-0.25, -0.2) is 4.79 Å². The number of rotatable bonds is 5. The largest absolute Gasteiger partial charge is 0.411 e. The van der Waals surface area contributed by atoms with Gasteiger partial charge in [0.15, 0.2) is 5.06 Å². The molecule has 4 heterocycles. The highest BCUT2D eigenvalue weighted by molar-refractivity contribution is 7.16. The Morgan fingerprint density at radius 1 is 0.935 bits per heavy atom. The van der Waals surface area contributed by atoms with Crippen LogP contribution in [0.15, 0.2) is 64.9 Å². The monoisotopic (exact) mass is 477 g/mol. The number of aromatic nitrogens is 2. The highest BCUT2D eigenvalue weighted by atomic mass is 32.1. The first-order valence-corrected chi connectivity index (χ1v) is 12.3. The molecule has 5 nitrogen and oxygen atoms in total. The van der Waals surface area contributed by atoms with Crippen LogP contribution in [0.25, 0.3) is 38.0 Å². The third kappa shape index (κ3) is 3.94. The predicted octanol–water partition coefficient (Wildman–Crippen LogP) is 6.72. The lowest BCUT2D eigenvalue weighted by Crippen LogP contribution is -2.08. The number of ether oxygens (including phenoxy) is 1. The maximum absolute atomic E-state index is 12.3. The van der Waals surface area contributed by atoms with E-state index < -0.39 is 5.97 Å². The third-order valence-electron chi connectivity index (χ3n) is 4.41. The lowest BCUT2D eigenvalue weighted by atomic mass is 10.1. The van der Waals surface area contributed by atoms with Crippen LogP contribution in [0.4, 0.5) is 0 Å². The smallest absolute Gasteiger partial charge is 0.355 e. The molecule has 0 spiro atoms. The number of nitrogens with zero attached hydrogens (tertiary/aromatic N) is 3. The van der Waals surface area contributed by atoms with E-state index in [9.17, 15) is 10.1 Å². The third-order valence-corrected chi connectivity index (χ3v) is 7.65. The minimum Gasteiger partial charge on any atom is -0.411 e. The van der Waals surface area contributed by atoms with Crippen molar-refractivity contribution < 1.29 is 9.53 Å². The summed E-state index contributed by atoms with van der Waals surface area (Å²) in [5, 5.41) is 13.7. The Bertz CT molecular complexity index is 1440. The second-order valence-corrected chi connectivity index (χ2v) is 9.79. The minimum absolute atomic E-state index is 0.0460. The molecule has 5 rings (SSSR count). The molecule has 31 heavy (non-hydrogen) atoms. The standard InChI is InChI=1S/C22H11N3O2S4/c23-12-13(22(26)27-19-4-2-10-29-19)11-14-5-8-18(30-14)16-7-6-15(17-3-1-9-28-17)20-21(16)25-31-24-20/h1-11H. The molecule has 150 valence electrons. The number of carbonyl (C=O) groups is 1. The number of thiophene rings is 3. The first-order chi connectivity index (χ1) is 15.2. The number of nitriles is 1. The van der Waals surface area contributed by atoms with Crippen LogP contribution in [0.1, 0.15) is 4.88 Å². The molecule has 0 unspecified atom stereocenters. The summed E-state index contributed by atoms with van der Waals surface area (Å²) >= 11 is 5.65. The molecule has 0 fully saturated rings. The van der Waals surface area contributed by atoms with Crippen LogP contribution in [0.5, 0.6) is 5.06 Å². The summed E-state index contributed by atoms with van der Waals surface area (Å²) in [4.78, 5) is 15.2. The first kappa shape index (κ1) is 19.8. The Morgan fingerprint density at radius 2 is 1.68 bits per heavy atom. The molecule has 0 radical (unpaired) electrons. The SMILES string of the molecule is N#CC(=Cc1ccc(-c2ccc(-c3cccs3)c3nsnc23)s1)C(=O)Oc1cccs1. The van der Waals surface area contributed by atoms with Crippen molar-refractivity contribution in [2.45, 2.75) is 0 Å². The average molecular weight is 478 g/mol. The summed E-state index contributed by atoms with van der Waals surface area (Å²) in [5.41, 5.74) is 3.74. The Labute approximate surface area is 193 Å². The van der Waals surface area contributed by atoms with Gasteiger partial charge in [0, 0.05) is 25.8 Å². The molecule has 4 aromatic heterocycles. The van der Waals surface area contributed by atoms with E-state index in [4.69, 9.17) is 4.74 Å². The topological polar surface area (TPSA) is 75.9 Å². The van der Waals surface area contributed by atoms with Gasteiger partial charge in [0.2, 0.25) is 0 Å². The highest BCUT2D eigenvalue weighted by Crippen LogP contribution is 2.38. The maximum atomic E-state index is 12.3. The fraction of sp³-hybridized carbons (Fsp3) is 0. The van der Waals surface area contributed by atoms with Gasteiger partial charge in [-0.15, -0.1) is 34.0 Å². The van der Waals surface area contributed by atoms with Gasteiger partial charge in [-0.3, -0.25) is 0 Å².